The number of hydrogen-bond donors (Lipinski definition) is 2. The molecule has 3 nitrogen and oxygen atoms in total. The first-order valence-electron chi connectivity index (χ1n) is 6.10. The molecule has 0 aliphatic rings. The Balaban J connectivity index is 0. The number of rotatable bonds is 3. The summed E-state index contributed by atoms with van der Waals surface area (Å²) >= 11 is 5.45. The molecule has 0 fully saturated rings. The van der Waals surface area contributed by atoms with E-state index in [0.717, 1.165) is 0 Å². The van der Waals surface area contributed by atoms with E-state index in [2.05, 4.69) is 18.6 Å². The van der Waals surface area contributed by atoms with Crippen molar-refractivity contribution in [3.63, 3.8) is 0 Å². The van der Waals surface area contributed by atoms with Crippen molar-refractivity contribution in [3.8, 4) is 11.5 Å². The largest absolute Gasteiger partial charge is 0.504 e. The molecule has 0 radical (unpaired) electrons. The number of unbranched alkanes of at least 4 members (excludes halogenated alkanes) is 3. The minimum absolute atomic E-state index is 0.153. The van der Waals surface area contributed by atoms with E-state index in [4.69, 9.17) is 21.8 Å². The summed E-state index contributed by atoms with van der Waals surface area (Å²) in [6, 6.07) is 4.10. The van der Waals surface area contributed by atoms with E-state index in [1.165, 1.54) is 43.9 Å². The standard InChI is InChI=1S/C6H5ClO2.C6H14.C2H6O/c7-4-1-2-5(8)6(9)3-4;1-3-5-6-4-2;1-3-2/h1-3,8-9H;3-6H2,1-2H3;1-2H3. The van der Waals surface area contributed by atoms with Crippen molar-refractivity contribution in [1.82, 2.24) is 0 Å². The van der Waals surface area contributed by atoms with E-state index in [0.29, 0.717) is 5.02 Å². The fourth-order valence-corrected chi connectivity index (χ4v) is 1.16. The Morgan fingerprint density at radius 3 is 1.72 bits per heavy atom. The van der Waals surface area contributed by atoms with Crippen LogP contribution in [0.5, 0.6) is 11.5 Å². The lowest BCUT2D eigenvalue weighted by Crippen LogP contribution is -1.66. The van der Waals surface area contributed by atoms with Gasteiger partial charge in [-0.3, -0.25) is 0 Å². The third-order valence-electron chi connectivity index (χ3n) is 1.89. The lowest BCUT2D eigenvalue weighted by Gasteiger charge is -1.94. The molecular weight excluding hydrogens is 252 g/mol. The minimum Gasteiger partial charge on any atom is -0.504 e. The number of aromatic hydroxyl groups is 2. The van der Waals surface area contributed by atoms with Gasteiger partial charge < -0.3 is 14.9 Å². The van der Waals surface area contributed by atoms with Gasteiger partial charge in [0.05, 0.1) is 0 Å². The Labute approximate surface area is 115 Å². The summed E-state index contributed by atoms with van der Waals surface area (Å²) in [6.07, 6.45) is 5.54. The van der Waals surface area contributed by atoms with Gasteiger partial charge in [-0.15, -0.1) is 0 Å². The average Bonchev–Trinajstić information content (AvgIpc) is 2.33. The van der Waals surface area contributed by atoms with Crippen LogP contribution in [0.25, 0.3) is 0 Å². The van der Waals surface area contributed by atoms with Gasteiger partial charge in [-0.2, -0.15) is 0 Å². The third-order valence-corrected chi connectivity index (χ3v) is 2.13. The van der Waals surface area contributed by atoms with Gasteiger partial charge in [0.1, 0.15) is 0 Å². The second kappa shape index (κ2) is 14.1. The maximum absolute atomic E-state index is 8.77. The van der Waals surface area contributed by atoms with E-state index < -0.39 is 0 Å². The molecule has 0 atom stereocenters. The molecule has 106 valence electrons. The van der Waals surface area contributed by atoms with Gasteiger partial charge in [-0.25, -0.2) is 0 Å². The number of hydrogen-bond acceptors (Lipinski definition) is 3. The SMILES string of the molecule is CCCCCC.COC.Oc1ccc(Cl)cc1O. The first-order chi connectivity index (χ1) is 8.53. The van der Waals surface area contributed by atoms with Crippen molar-refractivity contribution < 1.29 is 14.9 Å². The molecule has 18 heavy (non-hydrogen) atoms. The van der Waals surface area contributed by atoms with E-state index in [9.17, 15) is 0 Å². The van der Waals surface area contributed by atoms with E-state index in [1.807, 2.05) is 0 Å². The zero-order valence-corrected chi connectivity index (χ0v) is 12.5. The number of phenolic OH excluding ortho intramolecular Hbond substituents is 2. The summed E-state index contributed by atoms with van der Waals surface area (Å²) in [5, 5.41) is 17.9. The average molecular weight is 277 g/mol. The number of ether oxygens (including phenoxy) is 1. The van der Waals surface area contributed by atoms with Crippen LogP contribution in [0.4, 0.5) is 0 Å². The first-order valence-corrected chi connectivity index (χ1v) is 6.48. The monoisotopic (exact) mass is 276 g/mol. The van der Waals surface area contributed by atoms with Crippen molar-refractivity contribution >= 4 is 11.6 Å². The third kappa shape index (κ3) is 13.1. The van der Waals surface area contributed by atoms with Crippen LogP contribution < -0.4 is 0 Å². The second-order valence-electron chi connectivity index (χ2n) is 3.75. The Kier molecular flexibility index (Phi) is 15.2. The molecule has 0 saturated heterocycles. The van der Waals surface area contributed by atoms with Crippen molar-refractivity contribution in [2.75, 3.05) is 14.2 Å². The molecule has 0 aromatic heterocycles. The fourth-order valence-electron chi connectivity index (χ4n) is 0.997. The van der Waals surface area contributed by atoms with E-state index >= 15 is 0 Å². The lowest BCUT2D eigenvalue weighted by atomic mass is 10.2. The molecule has 2 N–H and O–H groups in total. The molecule has 0 amide bonds. The molecule has 0 aliphatic heterocycles. The van der Waals surface area contributed by atoms with Crippen LogP contribution >= 0.6 is 11.6 Å². The first kappa shape index (κ1) is 19.4. The predicted molar refractivity (Wildman–Crippen MR) is 77.5 cm³/mol. The molecule has 0 bridgehead atoms. The zero-order valence-electron chi connectivity index (χ0n) is 11.7. The number of halogens is 1. The van der Waals surface area contributed by atoms with Crippen molar-refractivity contribution in [1.29, 1.82) is 0 Å². The van der Waals surface area contributed by atoms with Crippen LogP contribution in [0.1, 0.15) is 39.5 Å². The molecule has 0 unspecified atom stereocenters. The molecular formula is C14H25ClO3. The van der Waals surface area contributed by atoms with E-state index in [-0.39, 0.29) is 11.5 Å². The summed E-state index contributed by atoms with van der Waals surface area (Å²) in [6.45, 7) is 4.46. The van der Waals surface area contributed by atoms with Crippen LogP contribution in [0.2, 0.25) is 5.02 Å². The smallest absolute Gasteiger partial charge is 0.158 e. The van der Waals surface area contributed by atoms with Crippen LogP contribution in [0, 0.1) is 0 Å². The highest BCUT2D eigenvalue weighted by Gasteiger charge is 1.96. The van der Waals surface area contributed by atoms with Gasteiger partial charge in [0.25, 0.3) is 0 Å². The van der Waals surface area contributed by atoms with Gasteiger partial charge in [-0.05, 0) is 12.1 Å². The number of benzene rings is 1. The normalized spacial score (nSPS) is 8.72. The quantitative estimate of drug-likeness (QED) is 0.626. The lowest BCUT2D eigenvalue weighted by molar-refractivity contribution is 0.277. The highest BCUT2D eigenvalue weighted by Crippen LogP contribution is 2.26. The van der Waals surface area contributed by atoms with Crippen LogP contribution in [0.3, 0.4) is 0 Å². The Bertz CT molecular complexity index is 286. The van der Waals surface area contributed by atoms with Gasteiger partial charge in [0.2, 0.25) is 0 Å². The van der Waals surface area contributed by atoms with Crippen molar-refractivity contribution in [2.24, 2.45) is 0 Å². The van der Waals surface area contributed by atoms with Crippen LogP contribution in [-0.4, -0.2) is 24.4 Å². The summed E-state index contributed by atoms with van der Waals surface area (Å²) in [5.41, 5.74) is 0. The molecule has 1 rings (SSSR count). The molecule has 1 aromatic carbocycles. The van der Waals surface area contributed by atoms with Gasteiger partial charge in [-0.1, -0.05) is 51.1 Å². The zero-order chi connectivity index (χ0) is 14.4. The Hall–Kier alpha value is -0.930. The summed E-state index contributed by atoms with van der Waals surface area (Å²) in [7, 11) is 3.25. The predicted octanol–water partition coefficient (Wildman–Crippen LogP) is 4.60. The van der Waals surface area contributed by atoms with Crippen molar-refractivity contribution in [2.45, 2.75) is 39.5 Å². The van der Waals surface area contributed by atoms with Crippen molar-refractivity contribution in [3.05, 3.63) is 23.2 Å². The summed E-state index contributed by atoms with van der Waals surface area (Å²) < 4.78 is 4.25. The second-order valence-corrected chi connectivity index (χ2v) is 4.18. The molecule has 0 aliphatic carbocycles. The van der Waals surface area contributed by atoms with Gasteiger partial charge >= 0.3 is 0 Å². The summed E-state index contributed by atoms with van der Waals surface area (Å²) in [4.78, 5) is 0. The minimum atomic E-state index is -0.192. The topological polar surface area (TPSA) is 49.7 Å². The molecule has 0 saturated carbocycles. The molecule has 4 heteroatoms. The molecule has 0 spiro atoms. The highest BCUT2D eigenvalue weighted by molar-refractivity contribution is 6.30. The maximum atomic E-state index is 8.77. The van der Waals surface area contributed by atoms with Crippen LogP contribution in [0.15, 0.2) is 18.2 Å². The van der Waals surface area contributed by atoms with Gasteiger partial charge in [0, 0.05) is 25.3 Å². The highest BCUT2D eigenvalue weighted by atomic mass is 35.5. The van der Waals surface area contributed by atoms with Gasteiger partial charge in [0.15, 0.2) is 11.5 Å². The number of methoxy groups -OCH3 is 1. The molecule has 1 aromatic rings. The summed E-state index contributed by atoms with van der Waals surface area (Å²) in [5.74, 6) is -0.345. The van der Waals surface area contributed by atoms with E-state index in [1.54, 1.807) is 14.2 Å². The van der Waals surface area contributed by atoms with Crippen LogP contribution in [-0.2, 0) is 4.74 Å². The Morgan fingerprint density at radius 2 is 1.44 bits per heavy atom. The fraction of sp³-hybridized carbons (Fsp3) is 0.571. The number of phenols is 2. The Morgan fingerprint density at radius 1 is 1.00 bits per heavy atom. The molecule has 0 heterocycles. The maximum Gasteiger partial charge on any atom is 0.158 e.